The van der Waals surface area contributed by atoms with Gasteiger partial charge in [0, 0.05) is 67.5 Å². The van der Waals surface area contributed by atoms with Crippen LogP contribution in [0, 0.1) is 12.3 Å². The smallest absolute Gasteiger partial charge is 0.159 e. The van der Waals surface area contributed by atoms with Crippen LogP contribution in [0.4, 0.5) is 11.6 Å². The molecule has 1 aliphatic heterocycles. The molecule has 1 aromatic carbocycles. The molecule has 1 fully saturated rings. The molecule has 0 unspecified atom stereocenters. The normalized spacial score (nSPS) is 13.9. The molecule has 6 nitrogen and oxygen atoms in total. The summed E-state index contributed by atoms with van der Waals surface area (Å²) >= 11 is 0. The number of hydrogen-bond donors (Lipinski definition) is 0. The van der Waals surface area contributed by atoms with Crippen molar-refractivity contribution in [2.24, 2.45) is 0 Å². The molecule has 1 aliphatic rings. The van der Waals surface area contributed by atoms with Crippen LogP contribution in [0.25, 0.3) is 10.8 Å². The number of anilines is 2. The number of pyridine rings is 2. The van der Waals surface area contributed by atoms with Crippen molar-refractivity contribution in [2.75, 3.05) is 36.0 Å². The number of piperazine rings is 1. The summed E-state index contributed by atoms with van der Waals surface area (Å²) in [7, 11) is 0. The summed E-state index contributed by atoms with van der Waals surface area (Å²) in [5.74, 6) is 4.52. The number of hydrogen-bond acceptors (Lipinski definition) is 6. The van der Waals surface area contributed by atoms with Gasteiger partial charge in [-0.15, -0.1) is 11.5 Å². The number of rotatable bonds is 4. The average Bonchev–Trinajstić information content (AvgIpc) is 2.85. The fourth-order valence-electron chi connectivity index (χ4n) is 4.01. The molecular weight excluding hydrogens is 384 g/mol. The molecule has 5 rings (SSSR count). The maximum Gasteiger partial charge on any atom is 0.159 e. The van der Waals surface area contributed by atoms with Gasteiger partial charge in [-0.25, -0.2) is 4.98 Å². The molecule has 4 heterocycles. The first-order valence-corrected chi connectivity index (χ1v) is 10.4. The van der Waals surface area contributed by atoms with Crippen molar-refractivity contribution in [2.45, 2.75) is 6.42 Å². The van der Waals surface area contributed by atoms with Gasteiger partial charge in [0.1, 0.15) is 5.82 Å². The monoisotopic (exact) mass is 406 g/mol. The Morgan fingerprint density at radius 2 is 1.58 bits per heavy atom. The number of terminal acetylenes is 1. The third-order valence-electron chi connectivity index (χ3n) is 5.68. The molecule has 0 saturated carbocycles. The topological polar surface area (TPSA) is 58.0 Å². The summed E-state index contributed by atoms with van der Waals surface area (Å²) in [6.45, 7) is 3.47. The van der Waals surface area contributed by atoms with E-state index in [9.17, 15) is 0 Å². The maximum atomic E-state index is 5.43. The second-order valence-corrected chi connectivity index (χ2v) is 7.57. The third-order valence-corrected chi connectivity index (χ3v) is 5.68. The molecule has 152 valence electrons. The van der Waals surface area contributed by atoms with E-state index in [0.717, 1.165) is 66.3 Å². The second kappa shape index (κ2) is 8.41. The molecule has 3 aromatic heterocycles. The lowest BCUT2D eigenvalue weighted by Crippen LogP contribution is -2.47. The van der Waals surface area contributed by atoms with Crippen LogP contribution >= 0.6 is 0 Å². The molecule has 4 aromatic rings. The number of nitrogens with zero attached hydrogens (tertiary/aromatic N) is 6. The van der Waals surface area contributed by atoms with E-state index in [-0.39, 0.29) is 0 Å². The molecule has 0 bridgehead atoms. The first kappa shape index (κ1) is 19.0. The Kier molecular flexibility index (Phi) is 5.16. The molecule has 0 aliphatic carbocycles. The molecule has 31 heavy (non-hydrogen) atoms. The fraction of sp³-hybridized carbons (Fsp3) is 0.200. The van der Waals surface area contributed by atoms with Crippen molar-refractivity contribution >= 4 is 22.4 Å². The van der Waals surface area contributed by atoms with E-state index < -0.39 is 0 Å². The second-order valence-electron chi connectivity index (χ2n) is 7.57. The first-order valence-electron chi connectivity index (χ1n) is 10.4. The standard InChI is InChI=1S/C25H22N6/c1-2-19-7-8-24(27-18-19)30-13-15-31(16-14-30)25-22-6-4-3-5-21(22)23(28-29-25)17-20-9-11-26-12-10-20/h1,3-12,18H,13-17H2. The summed E-state index contributed by atoms with van der Waals surface area (Å²) in [6.07, 6.45) is 11.6. The van der Waals surface area contributed by atoms with Crippen LogP contribution in [-0.2, 0) is 6.42 Å². The summed E-state index contributed by atoms with van der Waals surface area (Å²) in [4.78, 5) is 13.2. The van der Waals surface area contributed by atoms with E-state index in [2.05, 4.69) is 60.2 Å². The van der Waals surface area contributed by atoms with Crippen LogP contribution in [0.2, 0.25) is 0 Å². The van der Waals surface area contributed by atoms with Crippen LogP contribution in [0.5, 0.6) is 0 Å². The Labute approximate surface area is 181 Å². The van der Waals surface area contributed by atoms with Crippen LogP contribution in [0.1, 0.15) is 16.8 Å². The molecular formula is C25H22N6. The Morgan fingerprint density at radius 1 is 0.839 bits per heavy atom. The minimum Gasteiger partial charge on any atom is -0.353 e. The number of aromatic nitrogens is 4. The lowest BCUT2D eigenvalue weighted by molar-refractivity contribution is 0.639. The van der Waals surface area contributed by atoms with Crippen molar-refractivity contribution in [3.05, 3.63) is 83.9 Å². The van der Waals surface area contributed by atoms with E-state index >= 15 is 0 Å². The van der Waals surface area contributed by atoms with E-state index in [0.29, 0.717) is 0 Å². The number of benzene rings is 1. The predicted octanol–water partition coefficient (Wildman–Crippen LogP) is 3.32. The van der Waals surface area contributed by atoms with Crippen LogP contribution < -0.4 is 9.80 Å². The van der Waals surface area contributed by atoms with Gasteiger partial charge in [0.2, 0.25) is 0 Å². The van der Waals surface area contributed by atoms with Gasteiger partial charge in [0.05, 0.1) is 5.69 Å². The summed E-state index contributed by atoms with van der Waals surface area (Å²) in [5, 5.41) is 11.6. The highest BCUT2D eigenvalue weighted by molar-refractivity contribution is 5.93. The van der Waals surface area contributed by atoms with Crippen LogP contribution in [0.15, 0.2) is 67.1 Å². The zero-order valence-corrected chi connectivity index (χ0v) is 17.1. The van der Waals surface area contributed by atoms with Crippen LogP contribution in [0.3, 0.4) is 0 Å². The van der Waals surface area contributed by atoms with Gasteiger partial charge in [0.25, 0.3) is 0 Å². The maximum absolute atomic E-state index is 5.43. The zero-order chi connectivity index (χ0) is 21.0. The fourth-order valence-corrected chi connectivity index (χ4v) is 4.01. The van der Waals surface area contributed by atoms with E-state index in [1.165, 1.54) is 5.56 Å². The van der Waals surface area contributed by atoms with E-state index in [4.69, 9.17) is 6.42 Å². The lowest BCUT2D eigenvalue weighted by atomic mass is 10.0. The van der Waals surface area contributed by atoms with Gasteiger partial charge in [-0.3, -0.25) is 4.98 Å². The molecule has 0 spiro atoms. The zero-order valence-electron chi connectivity index (χ0n) is 17.1. The summed E-state index contributed by atoms with van der Waals surface area (Å²) < 4.78 is 0. The van der Waals surface area contributed by atoms with E-state index in [1.807, 2.05) is 36.7 Å². The van der Waals surface area contributed by atoms with Gasteiger partial charge in [0.15, 0.2) is 5.82 Å². The highest BCUT2D eigenvalue weighted by Crippen LogP contribution is 2.28. The lowest BCUT2D eigenvalue weighted by Gasteiger charge is -2.36. The molecule has 0 N–H and O–H groups in total. The van der Waals surface area contributed by atoms with Crippen molar-refractivity contribution < 1.29 is 0 Å². The Hall–Kier alpha value is -3.98. The summed E-state index contributed by atoms with van der Waals surface area (Å²) in [5.41, 5.74) is 2.97. The first-order chi connectivity index (χ1) is 15.3. The molecule has 0 atom stereocenters. The quantitative estimate of drug-likeness (QED) is 0.485. The predicted molar refractivity (Wildman–Crippen MR) is 123 cm³/mol. The molecule has 1 saturated heterocycles. The minimum atomic E-state index is 0.739. The Balaban J connectivity index is 1.37. The van der Waals surface area contributed by atoms with Crippen LogP contribution in [-0.4, -0.2) is 46.3 Å². The van der Waals surface area contributed by atoms with Gasteiger partial charge >= 0.3 is 0 Å². The number of fused-ring (bicyclic) bond motifs is 1. The minimum absolute atomic E-state index is 0.739. The van der Waals surface area contributed by atoms with Crippen molar-refractivity contribution in [1.82, 2.24) is 20.2 Å². The van der Waals surface area contributed by atoms with Gasteiger partial charge < -0.3 is 9.80 Å². The van der Waals surface area contributed by atoms with Gasteiger partial charge in [-0.05, 0) is 29.8 Å². The van der Waals surface area contributed by atoms with Gasteiger partial charge in [-0.1, -0.05) is 30.2 Å². The summed E-state index contributed by atoms with van der Waals surface area (Å²) in [6, 6.07) is 16.4. The van der Waals surface area contributed by atoms with Crippen molar-refractivity contribution in [3.8, 4) is 12.3 Å². The Morgan fingerprint density at radius 3 is 2.29 bits per heavy atom. The Bertz CT molecular complexity index is 1220. The van der Waals surface area contributed by atoms with E-state index in [1.54, 1.807) is 6.20 Å². The average molecular weight is 406 g/mol. The van der Waals surface area contributed by atoms with Gasteiger partial charge in [-0.2, -0.15) is 5.10 Å². The highest BCUT2D eigenvalue weighted by Gasteiger charge is 2.22. The largest absolute Gasteiger partial charge is 0.353 e. The SMILES string of the molecule is C#Cc1ccc(N2CCN(c3nnc(Cc4ccncc4)c4ccccc34)CC2)nc1. The molecule has 0 amide bonds. The van der Waals surface area contributed by atoms with Crippen molar-refractivity contribution in [3.63, 3.8) is 0 Å². The molecule has 6 heteroatoms. The van der Waals surface area contributed by atoms with Crippen molar-refractivity contribution in [1.29, 1.82) is 0 Å². The highest BCUT2D eigenvalue weighted by atomic mass is 15.3. The molecule has 0 radical (unpaired) electrons. The third kappa shape index (κ3) is 3.90.